The molecule has 0 amide bonds. The summed E-state index contributed by atoms with van der Waals surface area (Å²) in [6.45, 7) is 0. The van der Waals surface area contributed by atoms with Crippen molar-refractivity contribution < 1.29 is 9.26 Å². The van der Waals surface area contributed by atoms with Gasteiger partial charge in [-0.3, -0.25) is 0 Å². The van der Waals surface area contributed by atoms with Gasteiger partial charge in [0.25, 0.3) is 0 Å². The third-order valence-corrected chi connectivity index (χ3v) is 4.33. The highest BCUT2D eigenvalue weighted by atomic mass is 16.5. The maximum Gasteiger partial charge on any atom is 0.248 e. The monoisotopic (exact) mass is 287 g/mol. The van der Waals surface area contributed by atoms with Crippen molar-refractivity contribution in [1.82, 2.24) is 10.1 Å². The molecule has 0 unspecified atom stereocenters. The molecule has 1 aliphatic carbocycles. The van der Waals surface area contributed by atoms with Crippen LogP contribution in [0.1, 0.15) is 55.4 Å². The van der Waals surface area contributed by atoms with Gasteiger partial charge in [0.1, 0.15) is 11.6 Å². The number of methoxy groups -OCH3 is 1. The summed E-state index contributed by atoms with van der Waals surface area (Å²) in [5.41, 5.74) is 6.76. The number of ether oxygens (including phenoxy) is 1. The predicted molar refractivity (Wildman–Crippen MR) is 78.5 cm³/mol. The highest BCUT2D eigenvalue weighted by molar-refractivity contribution is 5.23. The number of aromatic nitrogens is 2. The molecule has 112 valence electrons. The smallest absolute Gasteiger partial charge is 0.248 e. The maximum atomic E-state index is 6.21. The van der Waals surface area contributed by atoms with Crippen LogP contribution in [0.4, 0.5) is 0 Å². The van der Waals surface area contributed by atoms with Gasteiger partial charge in [-0.2, -0.15) is 4.98 Å². The Morgan fingerprint density at radius 1 is 1.19 bits per heavy atom. The minimum atomic E-state index is -0.406. The Balaban J connectivity index is 1.86. The fourth-order valence-electron chi connectivity index (χ4n) is 2.99. The Morgan fingerprint density at radius 2 is 1.90 bits per heavy atom. The molecule has 0 aliphatic heterocycles. The molecule has 2 N–H and O–H groups in total. The van der Waals surface area contributed by atoms with Crippen LogP contribution in [0.3, 0.4) is 0 Å². The van der Waals surface area contributed by atoms with Gasteiger partial charge in [0.2, 0.25) is 11.7 Å². The highest BCUT2D eigenvalue weighted by Crippen LogP contribution is 2.38. The van der Waals surface area contributed by atoms with Gasteiger partial charge in [0.05, 0.1) is 0 Å². The van der Waals surface area contributed by atoms with Crippen molar-refractivity contribution in [3.8, 4) is 0 Å². The first kappa shape index (κ1) is 14.2. The summed E-state index contributed by atoms with van der Waals surface area (Å²) >= 11 is 0. The molecule has 5 nitrogen and oxygen atoms in total. The highest BCUT2D eigenvalue weighted by Gasteiger charge is 2.39. The van der Waals surface area contributed by atoms with Crippen LogP contribution in [0.25, 0.3) is 0 Å². The second kappa shape index (κ2) is 5.95. The lowest BCUT2D eigenvalue weighted by Crippen LogP contribution is -2.32. The van der Waals surface area contributed by atoms with Crippen molar-refractivity contribution in [3.63, 3.8) is 0 Å². The van der Waals surface area contributed by atoms with E-state index in [9.17, 15) is 0 Å². The lowest BCUT2D eigenvalue weighted by Gasteiger charge is -2.32. The number of rotatable bonds is 4. The Kier molecular flexibility index (Phi) is 4.03. The second-order valence-corrected chi connectivity index (χ2v) is 5.60. The van der Waals surface area contributed by atoms with Gasteiger partial charge in [0.15, 0.2) is 0 Å². The van der Waals surface area contributed by atoms with E-state index in [1.807, 2.05) is 30.3 Å². The maximum absolute atomic E-state index is 6.21. The number of nitrogens with zero attached hydrogens (tertiary/aromatic N) is 2. The zero-order valence-electron chi connectivity index (χ0n) is 12.3. The molecule has 3 rings (SSSR count). The first-order chi connectivity index (χ1) is 10.2. The van der Waals surface area contributed by atoms with Gasteiger partial charge >= 0.3 is 0 Å². The summed E-state index contributed by atoms with van der Waals surface area (Å²) in [7, 11) is 1.72. The van der Waals surface area contributed by atoms with Crippen LogP contribution >= 0.6 is 0 Å². The normalized spacial score (nSPS) is 19.3. The van der Waals surface area contributed by atoms with Gasteiger partial charge in [-0.05, 0) is 18.4 Å². The molecule has 5 heteroatoms. The molecule has 0 bridgehead atoms. The van der Waals surface area contributed by atoms with E-state index in [4.69, 9.17) is 15.0 Å². The van der Waals surface area contributed by atoms with Crippen LogP contribution in [0, 0.1) is 0 Å². The van der Waals surface area contributed by atoms with Gasteiger partial charge in [-0.1, -0.05) is 54.8 Å². The minimum absolute atomic E-state index is 0.398. The lowest BCUT2D eigenvalue weighted by atomic mass is 9.84. The van der Waals surface area contributed by atoms with Crippen LogP contribution in [0.2, 0.25) is 0 Å². The number of benzene rings is 1. The van der Waals surface area contributed by atoms with E-state index < -0.39 is 11.6 Å². The third-order valence-electron chi connectivity index (χ3n) is 4.33. The predicted octanol–water partition coefficient (Wildman–Crippen LogP) is 2.92. The number of hydrogen-bond acceptors (Lipinski definition) is 5. The van der Waals surface area contributed by atoms with E-state index in [-0.39, 0.29) is 0 Å². The molecule has 0 saturated heterocycles. The zero-order valence-corrected chi connectivity index (χ0v) is 12.3. The average Bonchev–Trinajstić information content (AvgIpc) is 3.06. The van der Waals surface area contributed by atoms with Gasteiger partial charge in [0, 0.05) is 7.11 Å². The summed E-state index contributed by atoms with van der Waals surface area (Å²) in [5.74, 6) is 1.07. The number of hydrogen-bond donors (Lipinski definition) is 1. The molecule has 1 aromatic heterocycles. The third kappa shape index (κ3) is 2.71. The van der Waals surface area contributed by atoms with Crippen molar-refractivity contribution in [3.05, 3.63) is 47.6 Å². The first-order valence-corrected chi connectivity index (χ1v) is 7.45. The van der Waals surface area contributed by atoms with Crippen molar-refractivity contribution in [2.45, 2.75) is 43.7 Å². The van der Waals surface area contributed by atoms with E-state index in [1.165, 1.54) is 6.42 Å². The first-order valence-electron chi connectivity index (χ1n) is 7.45. The molecule has 1 aliphatic rings. The van der Waals surface area contributed by atoms with Gasteiger partial charge in [-0.25, -0.2) is 0 Å². The van der Waals surface area contributed by atoms with Crippen LogP contribution in [0.15, 0.2) is 34.9 Å². The Morgan fingerprint density at radius 3 is 2.57 bits per heavy atom. The van der Waals surface area contributed by atoms with Crippen LogP contribution in [0.5, 0.6) is 0 Å². The quantitative estimate of drug-likeness (QED) is 0.935. The topological polar surface area (TPSA) is 74.2 Å². The Hall–Kier alpha value is -1.72. The van der Waals surface area contributed by atoms with E-state index in [1.54, 1.807) is 7.11 Å². The summed E-state index contributed by atoms with van der Waals surface area (Å²) in [4.78, 5) is 4.53. The van der Waals surface area contributed by atoms with E-state index in [0.29, 0.717) is 11.7 Å². The average molecular weight is 287 g/mol. The molecule has 1 saturated carbocycles. The van der Waals surface area contributed by atoms with Crippen LogP contribution in [-0.4, -0.2) is 17.3 Å². The SMILES string of the molecule is COC1(c2noc([C@H](N)c3ccccc3)n2)CCCCC1. The van der Waals surface area contributed by atoms with Crippen LogP contribution in [-0.2, 0) is 10.3 Å². The van der Waals surface area contributed by atoms with E-state index >= 15 is 0 Å². The second-order valence-electron chi connectivity index (χ2n) is 5.60. The summed E-state index contributed by atoms with van der Waals surface area (Å²) in [6.07, 6.45) is 5.36. The lowest BCUT2D eigenvalue weighted by molar-refractivity contribution is -0.0527. The summed E-state index contributed by atoms with van der Waals surface area (Å²) < 4.78 is 11.1. The minimum Gasteiger partial charge on any atom is -0.370 e. The largest absolute Gasteiger partial charge is 0.370 e. The Labute approximate surface area is 124 Å². The van der Waals surface area contributed by atoms with E-state index in [0.717, 1.165) is 31.2 Å². The molecule has 1 heterocycles. The molecular formula is C16H21N3O2. The number of nitrogens with two attached hydrogens (primary N) is 1. The fraction of sp³-hybridized carbons (Fsp3) is 0.500. The van der Waals surface area contributed by atoms with Gasteiger partial charge < -0.3 is 15.0 Å². The molecule has 2 aromatic rings. The van der Waals surface area contributed by atoms with Gasteiger partial charge in [-0.15, -0.1) is 0 Å². The van der Waals surface area contributed by atoms with Crippen molar-refractivity contribution >= 4 is 0 Å². The van der Waals surface area contributed by atoms with Crippen molar-refractivity contribution in [2.24, 2.45) is 5.73 Å². The molecule has 0 radical (unpaired) electrons. The molecule has 1 fully saturated rings. The molecular weight excluding hydrogens is 266 g/mol. The molecule has 1 aromatic carbocycles. The standard InChI is InChI=1S/C16H21N3O2/c1-20-16(10-6-3-7-11-16)15-18-14(21-19-15)13(17)12-8-4-2-5-9-12/h2,4-5,8-9,13H,3,6-7,10-11,17H2,1H3/t13-/m1/s1. The fourth-order valence-corrected chi connectivity index (χ4v) is 2.99. The summed E-state index contributed by atoms with van der Waals surface area (Å²) in [6, 6.07) is 9.37. The van der Waals surface area contributed by atoms with Crippen molar-refractivity contribution in [1.29, 1.82) is 0 Å². The van der Waals surface area contributed by atoms with E-state index in [2.05, 4.69) is 10.1 Å². The Bertz CT molecular complexity index is 576. The molecule has 0 spiro atoms. The zero-order chi connectivity index (χ0) is 14.7. The van der Waals surface area contributed by atoms with Crippen molar-refractivity contribution in [2.75, 3.05) is 7.11 Å². The molecule has 1 atom stereocenters. The molecule has 21 heavy (non-hydrogen) atoms. The van der Waals surface area contributed by atoms with Crippen LogP contribution < -0.4 is 5.73 Å². The summed E-state index contributed by atoms with van der Waals surface area (Å²) in [5, 5.41) is 4.14.